The van der Waals surface area contributed by atoms with Crippen molar-refractivity contribution in [1.82, 2.24) is 14.8 Å². The third-order valence-electron chi connectivity index (χ3n) is 5.29. The van der Waals surface area contributed by atoms with Crippen LogP contribution in [0.25, 0.3) is 10.9 Å². The smallest absolute Gasteiger partial charge is 0.221 e. The fraction of sp³-hybridized carbons (Fsp3) is 0.318. The Hall–Kier alpha value is -2.84. The molecule has 0 unspecified atom stereocenters. The molecule has 1 aromatic heterocycles. The average molecular weight is 426 g/mol. The molecule has 1 saturated heterocycles. The first-order chi connectivity index (χ1) is 14.6. The third-order valence-corrected chi connectivity index (χ3v) is 5.52. The van der Waals surface area contributed by atoms with Crippen LogP contribution in [0, 0.1) is 5.82 Å². The number of likely N-dealkylation sites (tertiary alicyclic amines) is 1. The van der Waals surface area contributed by atoms with Gasteiger partial charge in [0.05, 0.1) is 12.2 Å². The predicted molar refractivity (Wildman–Crippen MR) is 119 cm³/mol. The van der Waals surface area contributed by atoms with Crippen molar-refractivity contribution in [3.63, 3.8) is 0 Å². The van der Waals surface area contributed by atoms with Gasteiger partial charge in [0.2, 0.25) is 11.0 Å². The van der Waals surface area contributed by atoms with Gasteiger partial charge in [0, 0.05) is 11.9 Å². The van der Waals surface area contributed by atoms with Crippen LogP contribution in [-0.4, -0.2) is 32.8 Å². The van der Waals surface area contributed by atoms with Gasteiger partial charge in [-0.3, -0.25) is 9.47 Å². The number of fused-ring (bicyclic) bond motifs is 1. The minimum Gasteiger partial charge on any atom is -0.493 e. The quantitative estimate of drug-likeness (QED) is 0.442. The Morgan fingerprint density at radius 3 is 2.63 bits per heavy atom. The molecule has 8 heteroatoms. The van der Waals surface area contributed by atoms with Gasteiger partial charge in [0.25, 0.3) is 0 Å². The molecule has 2 aromatic carbocycles. The summed E-state index contributed by atoms with van der Waals surface area (Å²) >= 11 is 5.24. The average Bonchev–Trinajstić information content (AvgIpc) is 3.02. The molecule has 2 heterocycles. The zero-order valence-electron chi connectivity index (χ0n) is 16.6. The Morgan fingerprint density at radius 2 is 1.87 bits per heavy atom. The first-order valence-electron chi connectivity index (χ1n) is 10.1. The minimum absolute atomic E-state index is 0.0317. The molecule has 4 rings (SSSR count). The van der Waals surface area contributed by atoms with E-state index in [-0.39, 0.29) is 22.5 Å². The number of azo groups is 1. The highest BCUT2D eigenvalue weighted by Crippen LogP contribution is 2.39. The Morgan fingerprint density at radius 1 is 1.10 bits per heavy atom. The molecule has 1 fully saturated rings. The topological polar surface area (TPSA) is 65.2 Å². The molecule has 3 aromatic rings. The molecular formula is C22H24FN5OS. The number of hydrogen-bond donors (Lipinski definition) is 2. The van der Waals surface area contributed by atoms with Gasteiger partial charge in [0.1, 0.15) is 5.82 Å². The molecule has 0 amide bonds. The van der Waals surface area contributed by atoms with Crippen LogP contribution in [0.2, 0.25) is 0 Å². The standard InChI is InChI=1S/C22H24FN5OS/c23-17-9-10-19-18(13-17)20(21(29)28(19)15-27-11-5-2-6-12-27)25-26-22(30)24-14-16-7-3-1-4-8-16/h1,3-4,7-10,13,29H,2,5-6,11-12,14-15H2,(H,24,30). The second kappa shape index (κ2) is 9.32. The van der Waals surface area contributed by atoms with Gasteiger partial charge in [-0.05, 0) is 61.9 Å². The summed E-state index contributed by atoms with van der Waals surface area (Å²) in [6, 6.07) is 14.2. The highest BCUT2D eigenvalue weighted by Gasteiger charge is 2.20. The normalized spacial score (nSPS) is 15.1. The van der Waals surface area contributed by atoms with Crippen LogP contribution in [0.5, 0.6) is 5.88 Å². The molecule has 0 atom stereocenters. The molecular weight excluding hydrogens is 401 g/mol. The van der Waals surface area contributed by atoms with Gasteiger partial charge < -0.3 is 10.4 Å². The lowest BCUT2D eigenvalue weighted by Crippen LogP contribution is -2.31. The van der Waals surface area contributed by atoms with E-state index >= 15 is 0 Å². The maximum atomic E-state index is 13.9. The minimum atomic E-state index is -0.390. The van der Waals surface area contributed by atoms with Crippen molar-refractivity contribution in [3.8, 4) is 5.88 Å². The van der Waals surface area contributed by atoms with E-state index in [1.165, 1.54) is 18.6 Å². The van der Waals surface area contributed by atoms with Crippen molar-refractivity contribution < 1.29 is 9.50 Å². The van der Waals surface area contributed by atoms with E-state index in [1.807, 2.05) is 30.3 Å². The largest absolute Gasteiger partial charge is 0.493 e. The summed E-state index contributed by atoms with van der Waals surface area (Å²) in [6.45, 7) is 3.01. The van der Waals surface area contributed by atoms with Crippen molar-refractivity contribution in [2.45, 2.75) is 32.5 Å². The fourth-order valence-corrected chi connectivity index (χ4v) is 3.86. The number of nitrogens with zero attached hydrogens (tertiary/aromatic N) is 4. The van der Waals surface area contributed by atoms with E-state index in [9.17, 15) is 9.50 Å². The zero-order chi connectivity index (χ0) is 20.9. The van der Waals surface area contributed by atoms with E-state index < -0.39 is 0 Å². The second-order valence-corrected chi connectivity index (χ2v) is 7.81. The van der Waals surface area contributed by atoms with Gasteiger partial charge in [-0.2, -0.15) is 0 Å². The number of halogens is 1. The summed E-state index contributed by atoms with van der Waals surface area (Å²) in [5, 5.41) is 22.8. The molecule has 30 heavy (non-hydrogen) atoms. The molecule has 6 nitrogen and oxygen atoms in total. The summed E-state index contributed by atoms with van der Waals surface area (Å²) < 4.78 is 15.7. The van der Waals surface area contributed by atoms with E-state index in [2.05, 4.69) is 20.4 Å². The monoisotopic (exact) mass is 425 g/mol. The molecule has 0 bridgehead atoms. The lowest BCUT2D eigenvalue weighted by molar-refractivity contribution is 0.178. The Balaban J connectivity index is 1.56. The van der Waals surface area contributed by atoms with E-state index in [4.69, 9.17) is 12.2 Å². The summed E-state index contributed by atoms with van der Waals surface area (Å²) in [5.41, 5.74) is 2.01. The van der Waals surface area contributed by atoms with Crippen LogP contribution in [0.15, 0.2) is 58.8 Å². The Bertz CT molecular complexity index is 1060. The molecule has 2 N–H and O–H groups in total. The number of rotatable bonds is 5. The molecule has 0 spiro atoms. The van der Waals surface area contributed by atoms with Crippen molar-refractivity contribution in [3.05, 3.63) is 59.9 Å². The lowest BCUT2D eigenvalue weighted by atomic mass is 10.1. The summed E-state index contributed by atoms with van der Waals surface area (Å²) in [7, 11) is 0. The molecule has 0 radical (unpaired) electrons. The Labute approximate surface area is 180 Å². The van der Waals surface area contributed by atoms with E-state index in [1.54, 1.807) is 10.6 Å². The number of aromatic nitrogens is 1. The van der Waals surface area contributed by atoms with Crippen LogP contribution >= 0.6 is 12.2 Å². The Kier molecular flexibility index (Phi) is 6.35. The van der Waals surface area contributed by atoms with Crippen molar-refractivity contribution in [1.29, 1.82) is 0 Å². The van der Waals surface area contributed by atoms with Crippen LogP contribution in [0.4, 0.5) is 10.1 Å². The van der Waals surface area contributed by atoms with Crippen molar-refractivity contribution >= 4 is 33.9 Å². The molecule has 1 aliphatic rings. The van der Waals surface area contributed by atoms with Crippen LogP contribution in [0.1, 0.15) is 24.8 Å². The van der Waals surface area contributed by atoms with Gasteiger partial charge in [-0.25, -0.2) is 4.39 Å². The second-order valence-electron chi connectivity index (χ2n) is 7.43. The fourth-order valence-electron chi connectivity index (χ4n) is 3.74. The predicted octanol–water partition coefficient (Wildman–Crippen LogP) is 5.09. The number of thiocarbonyl (C=S) groups is 1. The maximum Gasteiger partial charge on any atom is 0.221 e. The molecule has 0 saturated carbocycles. The van der Waals surface area contributed by atoms with Gasteiger partial charge in [0.15, 0.2) is 5.69 Å². The van der Waals surface area contributed by atoms with Gasteiger partial charge in [-0.1, -0.05) is 36.8 Å². The zero-order valence-corrected chi connectivity index (χ0v) is 17.4. The van der Waals surface area contributed by atoms with E-state index in [0.717, 1.165) is 37.0 Å². The highest BCUT2D eigenvalue weighted by molar-refractivity contribution is 7.80. The summed E-state index contributed by atoms with van der Waals surface area (Å²) in [6.07, 6.45) is 3.51. The third kappa shape index (κ3) is 4.66. The van der Waals surface area contributed by atoms with Gasteiger partial charge >= 0.3 is 0 Å². The lowest BCUT2D eigenvalue weighted by Gasteiger charge is -2.27. The number of nitrogens with one attached hydrogen (secondary N) is 1. The SMILES string of the molecule is Oc1c(N=NC(=S)NCc2ccccc2)c2cc(F)ccc2n1CN1CCCCC1. The highest BCUT2D eigenvalue weighted by atomic mass is 32.1. The first-order valence-corrected chi connectivity index (χ1v) is 10.5. The summed E-state index contributed by atoms with van der Waals surface area (Å²) in [5.74, 6) is -0.422. The van der Waals surface area contributed by atoms with Crippen LogP contribution in [-0.2, 0) is 13.2 Å². The number of aromatic hydroxyl groups is 1. The molecule has 156 valence electrons. The van der Waals surface area contributed by atoms with Crippen molar-refractivity contribution in [2.75, 3.05) is 13.1 Å². The van der Waals surface area contributed by atoms with E-state index in [0.29, 0.717) is 18.6 Å². The number of hydrogen-bond acceptors (Lipinski definition) is 4. The number of piperidine rings is 1. The maximum absolute atomic E-state index is 13.9. The molecule has 0 aliphatic carbocycles. The van der Waals surface area contributed by atoms with Gasteiger partial charge in [-0.15, -0.1) is 10.2 Å². The van der Waals surface area contributed by atoms with Crippen LogP contribution in [0.3, 0.4) is 0 Å². The van der Waals surface area contributed by atoms with Crippen LogP contribution < -0.4 is 5.32 Å². The summed E-state index contributed by atoms with van der Waals surface area (Å²) in [4.78, 5) is 2.28. The number of benzene rings is 2. The van der Waals surface area contributed by atoms with Crippen molar-refractivity contribution in [2.24, 2.45) is 10.2 Å². The first kappa shape index (κ1) is 20.4. The molecule has 1 aliphatic heterocycles.